The van der Waals surface area contributed by atoms with Crippen LogP contribution in [0.15, 0.2) is 53.4 Å². The second-order valence-electron chi connectivity index (χ2n) is 8.20. The van der Waals surface area contributed by atoms with Gasteiger partial charge in [-0.1, -0.05) is 56.6 Å². The molecule has 0 fully saturated rings. The Balaban J connectivity index is 2.10. The Morgan fingerprint density at radius 3 is 2.00 bits per heavy atom. The van der Waals surface area contributed by atoms with Crippen LogP contribution in [0.2, 0.25) is 5.02 Å². The van der Waals surface area contributed by atoms with Crippen LogP contribution in [-0.2, 0) is 14.4 Å². The van der Waals surface area contributed by atoms with E-state index < -0.39 is 23.1 Å². The van der Waals surface area contributed by atoms with E-state index in [0.29, 0.717) is 5.02 Å². The summed E-state index contributed by atoms with van der Waals surface area (Å²) in [5, 5.41) is 9.80. The Hall–Kier alpha value is -2.35. The minimum absolute atomic E-state index is 0.103. The molecule has 0 aliphatic carbocycles. The van der Waals surface area contributed by atoms with Gasteiger partial charge in [0.25, 0.3) is 0 Å². The SMILES string of the molecule is CC(=O)N(CC(CSc1ccc(-c2ccc(Cl)cc2)cc1)C(=O)NO)C(=O)C(C)(C)C. The molecule has 2 rings (SSSR count). The lowest BCUT2D eigenvalue weighted by molar-refractivity contribution is -0.150. The molecule has 0 saturated carbocycles. The van der Waals surface area contributed by atoms with Crippen LogP contribution in [-0.4, -0.2) is 40.1 Å². The molecule has 31 heavy (non-hydrogen) atoms. The molecule has 2 N–H and O–H groups in total. The van der Waals surface area contributed by atoms with Gasteiger partial charge < -0.3 is 0 Å². The third kappa shape index (κ3) is 7.09. The standard InChI is InChI=1S/C23H27ClN2O4S/c1-15(27)26(22(29)23(2,3)4)13-18(21(28)25-30)14-31-20-11-7-17(8-12-20)16-5-9-19(24)10-6-16/h5-12,18,30H,13-14H2,1-4H3,(H,25,28). The number of rotatable bonds is 7. The summed E-state index contributed by atoms with van der Waals surface area (Å²) >= 11 is 7.34. The Morgan fingerprint density at radius 2 is 1.55 bits per heavy atom. The van der Waals surface area contributed by atoms with Gasteiger partial charge in [-0.2, -0.15) is 0 Å². The number of nitrogens with one attached hydrogen (secondary N) is 1. The average molecular weight is 463 g/mol. The van der Waals surface area contributed by atoms with E-state index in [2.05, 4.69) is 0 Å². The third-order valence-corrected chi connectivity index (χ3v) is 6.06. The van der Waals surface area contributed by atoms with Crippen molar-refractivity contribution in [2.75, 3.05) is 12.3 Å². The van der Waals surface area contributed by atoms with Crippen molar-refractivity contribution < 1.29 is 19.6 Å². The lowest BCUT2D eigenvalue weighted by atomic mass is 9.94. The normalized spacial score (nSPS) is 12.2. The van der Waals surface area contributed by atoms with Crippen LogP contribution in [0.5, 0.6) is 0 Å². The first-order valence-electron chi connectivity index (χ1n) is 9.78. The van der Waals surface area contributed by atoms with E-state index in [1.54, 1.807) is 26.3 Å². The van der Waals surface area contributed by atoms with E-state index in [4.69, 9.17) is 16.8 Å². The van der Waals surface area contributed by atoms with Crippen molar-refractivity contribution in [2.45, 2.75) is 32.6 Å². The van der Waals surface area contributed by atoms with Crippen LogP contribution < -0.4 is 5.48 Å². The van der Waals surface area contributed by atoms with Crippen LogP contribution in [0.4, 0.5) is 0 Å². The topological polar surface area (TPSA) is 86.7 Å². The fourth-order valence-electron chi connectivity index (χ4n) is 2.87. The highest BCUT2D eigenvalue weighted by atomic mass is 35.5. The van der Waals surface area contributed by atoms with Gasteiger partial charge in [-0.15, -0.1) is 11.8 Å². The highest BCUT2D eigenvalue weighted by Crippen LogP contribution is 2.27. The monoisotopic (exact) mass is 462 g/mol. The van der Waals surface area contributed by atoms with E-state index in [0.717, 1.165) is 20.9 Å². The number of hydrogen-bond acceptors (Lipinski definition) is 5. The van der Waals surface area contributed by atoms with Gasteiger partial charge in [0.15, 0.2) is 0 Å². The lowest BCUT2D eigenvalue weighted by Gasteiger charge is -2.29. The number of hydrogen-bond donors (Lipinski definition) is 2. The minimum Gasteiger partial charge on any atom is -0.289 e. The highest BCUT2D eigenvalue weighted by molar-refractivity contribution is 7.99. The van der Waals surface area contributed by atoms with Crippen LogP contribution in [0.3, 0.4) is 0 Å². The Bertz CT molecular complexity index is 924. The summed E-state index contributed by atoms with van der Waals surface area (Å²) in [5.74, 6) is -1.92. The van der Waals surface area contributed by atoms with Crippen molar-refractivity contribution in [2.24, 2.45) is 11.3 Å². The zero-order valence-corrected chi connectivity index (χ0v) is 19.6. The second-order valence-corrected chi connectivity index (χ2v) is 9.73. The van der Waals surface area contributed by atoms with Crippen molar-refractivity contribution in [3.63, 3.8) is 0 Å². The number of nitrogens with zero attached hydrogens (tertiary/aromatic N) is 1. The fourth-order valence-corrected chi connectivity index (χ4v) is 3.97. The largest absolute Gasteiger partial charge is 0.289 e. The van der Waals surface area contributed by atoms with Crippen LogP contribution in [0.1, 0.15) is 27.7 Å². The Morgan fingerprint density at radius 1 is 1.03 bits per heavy atom. The van der Waals surface area contributed by atoms with Gasteiger partial charge in [0.05, 0.1) is 5.92 Å². The van der Waals surface area contributed by atoms with Gasteiger partial charge >= 0.3 is 0 Å². The third-order valence-electron chi connectivity index (χ3n) is 4.63. The van der Waals surface area contributed by atoms with Gasteiger partial charge in [0.2, 0.25) is 17.7 Å². The van der Waals surface area contributed by atoms with E-state index in [9.17, 15) is 14.4 Å². The highest BCUT2D eigenvalue weighted by Gasteiger charge is 2.33. The number of benzene rings is 2. The van der Waals surface area contributed by atoms with Crippen molar-refractivity contribution in [1.29, 1.82) is 0 Å². The average Bonchev–Trinajstić information content (AvgIpc) is 2.73. The maximum Gasteiger partial charge on any atom is 0.249 e. The molecule has 0 radical (unpaired) electrons. The van der Waals surface area contributed by atoms with E-state index in [1.807, 2.05) is 48.5 Å². The first-order chi connectivity index (χ1) is 14.5. The Labute approximate surface area is 191 Å². The maximum atomic E-state index is 12.6. The number of imide groups is 1. The molecule has 0 heterocycles. The summed E-state index contributed by atoms with van der Waals surface area (Å²) in [4.78, 5) is 38.8. The molecule has 6 nitrogen and oxygen atoms in total. The smallest absolute Gasteiger partial charge is 0.249 e. The van der Waals surface area contributed by atoms with Crippen molar-refractivity contribution in [3.8, 4) is 11.1 Å². The minimum atomic E-state index is -0.767. The fraction of sp³-hybridized carbons (Fsp3) is 0.348. The maximum absolute atomic E-state index is 12.6. The Kier molecular flexibility index (Phi) is 8.68. The van der Waals surface area contributed by atoms with Crippen LogP contribution in [0, 0.1) is 11.3 Å². The van der Waals surface area contributed by atoms with E-state index in [1.165, 1.54) is 18.7 Å². The number of carbonyl (C=O) groups excluding carboxylic acids is 3. The van der Waals surface area contributed by atoms with E-state index in [-0.39, 0.29) is 18.2 Å². The molecule has 0 saturated heterocycles. The van der Waals surface area contributed by atoms with Crippen molar-refractivity contribution >= 4 is 41.1 Å². The summed E-state index contributed by atoms with van der Waals surface area (Å²) in [6.45, 7) is 6.32. The van der Waals surface area contributed by atoms with Crippen molar-refractivity contribution in [1.82, 2.24) is 10.4 Å². The number of amides is 3. The van der Waals surface area contributed by atoms with Crippen LogP contribution in [0.25, 0.3) is 11.1 Å². The number of carbonyl (C=O) groups is 3. The molecule has 0 bridgehead atoms. The zero-order chi connectivity index (χ0) is 23.2. The molecular weight excluding hydrogens is 436 g/mol. The summed E-state index contributed by atoms with van der Waals surface area (Å²) in [6, 6.07) is 15.4. The molecule has 0 spiro atoms. The molecule has 0 aliphatic rings. The predicted octanol–water partition coefficient (Wildman–Crippen LogP) is 4.64. The van der Waals surface area contributed by atoms with Gasteiger partial charge in [-0.25, -0.2) is 5.48 Å². The first kappa shape index (κ1) is 24.9. The molecule has 2 aromatic rings. The predicted molar refractivity (Wildman–Crippen MR) is 123 cm³/mol. The lowest BCUT2D eigenvalue weighted by Crippen LogP contribution is -2.47. The summed E-state index contributed by atoms with van der Waals surface area (Å²) in [6.07, 6.45) is 0. The second kappa shape index (κ2) is 10.8. The summed E-state index contributed by atoms with van der Waals surface area (Å²) < 4.78 is 0. The number of hydroxylamine groups is 1. The van der Waals surface area contributed by atoms with Gasteiger partial charge in [-0.3, -0.25) is 24.5 Å². The summed E-state index contributed by atoms with van der Waals surface area (Å²) in [5.41, 5.74) is 2.95. The molecule has 1 unspecified atom stereocenters. The van der Waals surface area contributed by atoms with Gasteiger partial charge in [0.1, 0.15) is 0 Å². The number of thioether (sulfide) groups is 1. The van der Waals surface area contributed by atoms with Gasteiger partial charge in [0, 0.05) is 34.6 Å². The zero-order valence-electron chi connectivity index (χ0n) is 18.0. The van der Waals surface area contributed by atoms with Crippen LogP contribution >= 0.6 is 23.4 Å². The molecule has 3 amide bonds. The molecule has 0 aliphatic heterocycles. The molecule has 8 heteroatoms. The molecule has 2 aromatic carbocycles. The first-order valence-corrected chi connectivity index (χ1v) is 11.1. The van der Waals surface area contributed by atoms with Gasteiger partial charge in [-0.05, 0) is 35.4 Å². The molecule has 0 aromatic heterocycles. The van der Waals surface area contributed by atoms with E-state index >= 15 is 0 Å². The van der Waals surface area contributed by atoms with Crippen molar-refractivity contribution in [3.05, 3.63) is 53.6 Å². The number of halogens is 1. The molecule has 1 atom stereocenters. The quantitative estimate of drug-likeness (QED) is 0.355. The summed E-state index contributed by atoms with van der Waals surface area (Å²) in [7, 11) is 0. The molecule has 166 valence electrons. The molecular formula is C23H27ClN2O4S.